The van der Waals surface area contributed by atoms with Crippen molar-refractivity contribution in [1.82, 2.24) is 10.3 Å². The van der Waals surface area contributed by atoms with Crippen LogP contribution in [-0.2, 0) is 6.42 Å². The van der Waals surface area contributed by atoms with Crippen molar-refractivity contribution in [2.45, 2.75) is 6.42 Å². The lowest BCUT2D eigenvalue weighted by molar-refractivity contribution is 0.0953. The van der Waals surface area contributed by atoms with Crippen LogP contribution in [0.25, 0.3) is 0 Å². The number of carbonyl (C=O) groups is 1. The fourth-order valence-corrected chi connectivity index (χ4v) is 2.30. The Morgan fingerprint density at radius 2 is 2.10 bits per heavy atom. The van der Waals surface area contributed by atoms with E-state index in [-0.39, 0.29) is 5.91 Å². The molecule has 2 rings (SSSR count). The van der Waals surface area contributed by atoms with Gasteiger partial charge in [0.25, 0.3) is 5.91 Å². The molecule has 0 saturated heterocycles. The molecule has 0 atom stereocenters. The Kier molecular flexibility index (Phi) is 5.12. The van der Waals surface area contributed by atoms with Gasteiger partial charge in [-0.1, -0.05) is 18.2 Å². The minimum atomic E-state index is -0.139. The highest BCUT2D eigenvalue weighted by molar-refractivity contribution is 9.10. The number of halogens is 1. The number of methoxy groups -OCH3 is 1. The maximum atomic E-state index is 12.0. The third kappa shape index (κ3) is 3.57. The van der Waals surface area contributed by atoms with Gasteiger partial charge in [-0.2, -0.15) is 0 Å². The summed E-state index contributed by atoms with van der Waals surface area (Å²) in [6.45, 7) is 0.542. The normalized spacial score (nSPS) is 10.1. The molecule has 0 unspecified atom stereocenters. The van der Waals surface area contributed by atoms with Crippen molar-refractivity contribution in [1.29, 1.82) is 0 Å². The van der Waals surface area contributed by atoms with E-state index in [4.69, 9.17) is 4.74 Å². The van der Waals surface area contributed by atoms with Gasteiger partial charge in [0.15, 0.2) is 0 Å². The number of nitrogens with zero attached hydrogens (tertiary/aromatic N) is 1. The van der Waals surface area contributed by atoms with Crippen molar-refractivity contribution in [3.8, 4) is 5.75 Å². The molecule has 1 heterocycles. The van der Waals surface area contributed by atoms with E-state index in [1.807, 2.05) is 24.3 Å². The summed E-state index contributed by atoms with van der Waals surface area (Å²) >= 11 is 3.26. The number of amides is 1. The number of aromatic nitrogens is 1. The molecule has 0 fully saturated rings. The number of nitrogens with one attached hydrogen (secondary N) is 1. The zero-order chi connectivity index (χ0) is 14.4. The topological polar surface area (TPSA) is 51.2 Å². The first kappa shape index (κ1) is 14.5. The highest BCUT2D eigenvalue weighted by atomic mass is 79.9. The van der Waals surface area contributed by atoms with Gasteiger partial charge in [0.1, 0.15) is 10.4 Å². The van der Waals surface area contributed by atoms with Crippen molar-refractivity contribution in [2.75, 3.05) is 13.7 Å². The van der Waals surface area contributed by atoms with Gasteiger partial charge in [0.2, 0.25) is 0 Å². The van der Waals surface area contributed by atoms with Gasteiger partial charge in [-0.05, 0) is 46.1 Å². The maximum absolute atomic E-state index is 12.0. The molecule has 1 N–H and O–H groups in total. The van der Waals surface area contributed by atoms with Crippen LogP contribution >= 0.6 is 15.9 Å². The third-order valence-electron chi connectivity index (χ3n) is 2.88. The van der Waals surface area contributed by atoms with E-state index >= 15 is 0 Å². The van der Waals surface area contributed by atoms with Crippen LogP contribution in [0.5, 0.6) is 5.75 Å². The molecule has 0 bridgehead atoms. The average molecular weight is 335 g/mol. The zero-order valence-electron chi connectivity index (χ0n) is 11.1. The molecule has 0 radical (unpaired) electrons. The van der Waals surface area contributed by atoms with Gasteiger partial charge in [-0.15, -0.1) is 0 Å². The number of hydrogen-bond donors (Lipinski definition) is 1. The Labute approximate surface area is 126 Å². The van der Waals surface area contributed by atoms with Crippen LogP contribution < -0.4 is 10.1 Å². The van der Waals surface area contributed by atoms with Crippen molar-refractivity contribution < 1.29 is 9.53 Å². The lowest BCUT2D eigenvalue weighted by Crippen LogP contribution is -2.26. The van der Waals surface area contributed by atoms with Crippen LogP contribution in [0.4, 0.5) is 0 Å². The molecule has 0 aliphatic heterocycles. The van der Waals surface area contributed by atoms with Gasteiger partial charge in [-0.3, -0.25) is 4.79 Å². The summed E-state index contributed by atoms with van der Waals surface area (Å²) in [6, 6.07) is 11.3. The first-order chi connectivity index (χ1) is 9.72. The van der Waals surface area contributed by atoms with E-state index < -0.39 is 0 Å². The first-order valence-electron chi connectivity index (χ1n) is 6.23. The van der Waals surface area contributed by atoms with Crippen LogP contribution in [-0.4, -0.2) is 24.5 Å². The summed E-state index contributed by atoms with van der Waals surface area (Å²) in [6.07, 6.45) is 2.35. The van der Waals surface area contributed by atoms with Crippen LogP contribution in [0.1, 0.15) is 15.9 Å². The number of ether oxygens (including phenoxy) is 1. The quantitative estimate of drug-likeness (QED) is 0.855. The molecule has 0 aliphatic rings. The largest absolute Gasteiger partial charge is 0.496 e. The Bertz CT molecular complexity index is 602. The maximum Gasteiger partial charge on any atom is 0.254 e. The number of hydrogen-bond acceptors (Lipinski definition) is 3. The Morgan fingerprint density at radius 1 is 1.30 bits per heavy atom. The second-order valence-electron chi connectivity index (χ2n) is 4.16. The molecule has 1 aromatic carbocycles. The summed E-state index contributed by atoms with van der Waals surface area (Å²) in [5.41, 5.74) is 1.60. The molecule has 0 aliphatic carbocycles. The molecule has 1 amide bonds. The monoisotopic (exact) mass is 334 g/mol. The minimum Gasteiger partial charge on any atom is -0.496 e. The summed E-state index contributed by atoms with van der Waals surface area (Å²) < 4.78 is 5.83. The Balaban J connectivity index is 1.93. The average Bonchev–Trinajstić information content (AvgIpc) is 2.48. The molecule has 0 saturated carbocycles. The zero-order valence-corrected chi connectivity index (χ0v) is 12.7. The molecular formula is C15H15BrN2O2. The van der Waals surface area contributed by atoms with Gasteiger partial charge in [-0.25, -0.2) is 4.98 Å². The van der Waals surface area contributed by atoms with E-state index in [0.29, 0.717) is 23.1 Å². The lowest BCUT2D eigenvalue weighted by atomic mass is 10.1. The predicted octanol–water partition coefficient (Wildman–Crippen LogP) is 2.83. The molecule has 0 spiro atoms. The van der Waals surface area contributed by atoms with Crippen LogP contribution in [0, 0.1) is 0 Å². The second kappa shape index (κ2) is 7.05. The molecule has 2 aromatic rings. The predicted molar refractivity (Wildman–Crippen MR) is 81.0 cm³/mol. The van der Waals surface area contributed by atoms with Gasteiger partial charge in [0, 0.05) is 12.7 Å². The lowest BCUT2D eigenvalue weighted by Gasteiger charge is -2.09. The summed E-state index contributed by atoms with van der Waals surface area (Å²) in [5, 5.41) is 2.88. The standard InChI is InChI=1S/C15H15BrN2O2/c1-20-13-7-3-2-5-11(13)8-10-18-15(19)12-6-4-9-17-14(12)16/h2-7,9H,8,10H2,1H3,(H,18,19). The Hall–Kier alpha value is -1.88. The summed E-state index contributed by atoms with van der Waals surface area (Å²) in [4.78, 5) is 16.0. The third-order valence-corrected chi connectivity index (χ3v) is 3.51. The van der Waals surface area contributed by atoms with Crippen molar-refractivity contribution >= 4 is 21.8 Å². The summed E-state index contributed by atoms with van der Waals surface area (Å²) in [5.74, 6) is 0.698. The van der Waals surface area contributed by atoms with Crippen LogP contribution in [0.2, 0.25) is 0 Å². The van der Waals surface area contributed by atoms with E-state index in [2.05, 4.69) is 26.2 Å². The van der Waals surface area contributed by atoms with Crippen LogP contribution in [0.15, 0.2) is 47.2 Å². The molecule has 20 heavy (non-hydrogen) atoms. The van der Waals surface area contributed by atoms with E-state index in [9.17, 15) is 4.79 Å². The van der Waals surface area contributed by atoms with Gasteiger partial charge in [0.05, 0.1) is 12.7 Å². The summed E-state index contributed by atoms with van der Waals surface area (Å²) in [7, 11) is 1.64. The van der Waals surface area contributed by atoms with Crippen molar-refractivity contribution in [3.05, 3.63) is 58.3 Å². The Morgan fingerprint density at radius 3 is 2.85 bits per heavy atom. The molecule has 1 aromatic heterocycles. The van der Waals surface area contributed by atoms with Crippen molar-refractivity contribution in [2.24, 2.45) is 0 Å². The fourth-order valence-electron chi connectivity index (χ4n) is 1.87. The van der Waals surface area contributed by atoms with Gasteiger partial charge < -0.3 is 10.1 Å². The molecule has 104 valence electrons. The highest BCUT2D eigenvalue weighted by Gasteiger charge is 2.10. The number of para-hydroxylation sites is 1. The smallest absolute Gasteiger partial charge is 0.254 e. The SMILES string of the molecule is COc1ccccc1CCNC(=O)c1cccnc1Br. The highest BCUT2D eigenvalue weighted by Crippen LogP contribution is 2.17. The molecule has 4 nitrogen and oxygen atoms in total. The number of rotatable bonds is 5. The number of pyridine rings is 1. The van der Waals surface area contributed by atoms with Crippen LogP contribution in [0.3, 0.4) is 0 Å². The first-order valence-corrected chi connectivity index (χ1v) is 7.02. The number of benzene rings is 1. The number of carbonyl (C=O) groups excluding carboxylic acids is 1. The second-order valence-corrected chi connectivity index (χ2v) is 4.91. The molecule has 5 heteroatoms. The van der Waals surface area contributed by atoms with E-state index in [0.717, 1.165) is 11.3 Å². The fraction of sp³-hybridized carbons (Fsp3) is 0.200. The minimum absolute atomic E-state index is 0.139. The van der Waals surface area contributed by atoms with Crippen molar-refractivity contribution in [3.63, 3.8) is 0 Å². The van der Waals surface area contributed by atoms with E-state index in [1.54, 1.807) is 25.4 Å². The molecular weight excluding hydrogens is 320 g/mol. The van der Waals surface area contributed by atoms with Gasteiger partial charge >= 0.3 is 0 Å². The van der Waals surface area contributed by atoms with E-state index in [1.165, 1.54) is 0 Å².